The first-order chi connectivity index (χ1) is 12.9. The first-order valence-corrected chi connectivity index (χ1v) is 8.28. The largest absolute Gasteiger partial charge is 0.497 e. The first-order valence-electron chi connectivity index (χ1n) is 7.48. The summed E-state index contributed by atoms with van der Waals surface area (Å²) in [6, 6.07) is 10.7. The fourth-order valence-electron chi connectivity index (χ4n) is 2.15. The molecule has 2 rings (SSSR count). The van der Waals surface area contributed by atoms with Gasteiger partial charge in [0, 0.05) is 28.2 Å². The number of non-ortho nitro benzene ring substituents is 1. The van der Waals surface area contributed by atoms with Crippen molar-refractivity contribution in [2.45, 2.75) is 0 Å². The average molecular weight is 432 g/mol. The molecule has 1 N–H and O–H groups in total. The summed E-state index contributed by atoms with van der Waals surface area (Å²) >= 11 is 3.17. The quantitative estimate of drug-likeness (QED) is 0.320. The van der Waals surface area contributed by atoms with Crippen LogP contribution in [0.15, 0.2) is 46.4 Å². The highest BCUT2D eigenvalue weighted by molar-refractivity contribution is 9.10. The van der Waals surface area contributed by atoms with Gasteiger partial charge in [0.1, 0.15) is 23.1 Å². The Morgan fingerprint density at radius 3 is 2.56 bits per heavy atom. The minimum atomic E-state index is -0.662. The van der Waals surface area contributed by atoms with E-state index < -0.39 is 10.8 Å². The molecule has 0 aliphatic carbocycles. The predicted molar refractivity (Wildman–Crippen MR) is 103 cm³/mol. The van der Waals surface area contributed by atoms with Crippen LogP contribution in [0.4, 0.5) is 11.4 Å². The molecule has 0 spiro atoms. The third-order valence-electron chi connectivity index (χ3n) is 3.52. The average Bonchev–Trinajstić information content (AvgIpc) is 2.67. The fraction of sp³-hybridized carbons (Fsp3) is 0.111. The van der Waals surface area contributed by atoms with E-state index >= 15 is 0 Å². The molecule has 27 heavy (non-hydrogen) atoms. The molecule has 0 radical (unpaired) electrons. The van der Waals surface area contributed by atoms with Gasteiger partial charge in [-0.2, -0.15) is 5.26 Å². The molecule has 8 nitrogen and oxygen atoms in total. The van der Waals surface area contributed by atoms with E-state index in [0.717, 1.165) is 0 Å². The van der Waals surface area contributed by atoms with Gasteiger partial charge in [0.25, 0.3) is 11.6 Å². The Kier molecular flexibility index (Phi) is 6.51. The number of benzene rings is 2. The smallest absolute Gasteiger partial charge is 0.270 e. The molecule has 0 bridgehead atoms. The molecule has 0 saturated carbocycles. The van der Waals surface area contributed by atoms with E-state index in [1.807, 2.05) is 6.07 Å². The van der Waals surface area contributed by atoms with Crippen molar-refractivity contribution < 1.29 is 19.2 Å². The van der Waals surface area contributed by atoms with Crippen LogP contribution >= 0.6 is 15.9 Å². The molecule has 0 heterocycles. The zero-order valence-corrected chi connectivity index (χ0v) is 15.9. The van der Waals surface area contributed by atoms with Crippen LogP contribution < -0.4 is 14.8 Å². The number of methoxy groups -OCH3 is 2. The zero-order chi connectivity index (χ0) is 20.0. The number of nitrogens with zero attached hydrogens (tertiary/aromatic N) is 2. The Hall–Kier alpha value is -3.38. The molecular weight excluding hydrogens is 418 g/mol. The van der Waals surface area contributed by atoms with Crippen molar-refractivity contribution in [3.63, 3.8) is 0 Å². The molecule has 138 valence electrons. The van der Waals surface area contributed by atoms with Gasteiger partial charge < -0.3 is 14.8 Å². The molecule has 9 heteroatoms. The van der Waals surface area contributed by atoms with Crippen molar-refractivity contribution >= 4 is 39.3 Å². The molecule has 0 aromatic heterocycles. The standard InChI is InChI=1S/C18H14BrN3O5/c1-26-14-5-3-11(17(9-14)27-2)7-12(10-20)18(23)21-16-6-4-13(22(24)25)8-15(16)19/h3-9H,1-2H3,(H,21,23). The Labute approximate surface area is 163 Å². The lowest BCUT2D eigenvalue weighted by Gasteiger charge is -2.09. The summed E-state index contributed by atoms with van der Waals surface area (Å²) in [5.74, 6) is 0.345. The molecule has 0 atom stereocenters. The summed E-state index contributed by atoms with van der Waals surface area (Å²) in [6.07, 6.45) is 1.38. The highest BCUT2D eigenvalue weighted by Gasteiger charge is 2.15. The van der Waals surface area contributed by atoms with Gasteiger partial charge in [-0.3, -0.25) is 14.9 Å². The number of nitro groups is 1. The number of hydrogen-bond acceptors (Lipinski definition) is 6. The van der Waals surface area contributed by atoms with Gasteiger partial charge in [0.2, 0.25) is 0 Å². The number of carbonyl (C=O) groups excluding carboxylic acids is 1. The van der Waals surface area contributed by atoms with Crippen molar-refractivity contribution in [1.29, 1.82) is 5.26 Å². The number of nitriles is 1. The topological polar surface area (TPSA) is 114 Å². The maximum absolute atomic E-state index is 12.4. The van der Waals surface area contributed by atoms with Crippen molar-refractivity contribution in [2.75, 3.05) is 19.5 Å². The summed E-state index contributed by atoms with van der Waals surface area (Å²) in [6.45, 7) is 0. The minimum absolute atomic E-state index is 0.126. The van der Waals surface area contributed by atoms with Gasteiger partial charge >= 0.3 is 0 Å². The van der Waals surface area contributed by atoms with Crippen LogP contribution in [-0.4, -0.2) is 25.1 Å². The normalized spacial score (nSPS) is 10.7. The first kappa shape index (κ1) is 19.9. The number of anilines is 1. The van der Waals surface area contributed by atoms with Crippen molar-refractivity contribution in [3.05, 3.63) is 62.1 Å². The van der Waals surface area contributed by atoms with E-state index in [2.05, 4.69) is 21.2 Å². The number of carbonyl (C=O) groups is 1. The molecule has 0 aliphatic rings. The van der Waals surface area contributed by atoms with Crippen LogP contribution in [0, 0.1) is 21.4 Å². The summed E-state index contributed by atoms with van der Waals surface area (Å²) < 4.78 is 10.7. The zero-order valence-electron chi connectivity index (χ0n) is 14.4. The van der Waals surface area contributed by atoms with Crippen LogP contribution in [0.3, 0.4) is 0 Å². The molecule has 0 unspecified atom stereocenters. The lowest BCUT2D eigenvalue weighted by molar-refractivity contribution is -0.384. The molecule has 0 saturated heterocycles. The Bertz CT molecular complexity index is 966. The number of ether oxygens (including phenoxy) is 2. The lowest BCUT2D eigenvalue weighted by atomic mass is 10.1. The summed E-state index contributed by atoms with van der Waals surface area (Å²) in [4.78, 5) is 22.6. The molecule has 2 aromatic rings. The Morgan fingerprint density at radius 2 is 2.00 bits per heavy atom. The van der Waals surface area contributed by atoms with Gasteiger partial charge in [-0.05, 0) is 40.2 Å². The van der Waals surface area contributed by atoms with E-state index in [-0.39, 0.29) is 11.3 Å². The van der Waals surface area contributed by atoms with Crippen LogP contribution in [0.2, 0.25) is 0 Å². The van der Waals surface area contributed by atoms with Gasteiger partial charge in [-0.15, -0.1) is 0 Å². The summed E-state index contributed by atoms with van der Waals surface area (Å²) in [5, 5.41) is 22.7. The number of nitrogens with one attached hydrogen (secondary N) is 1. The number of nitro benzene ring substituents is 1. The number of hydrogen-bond donors (Lipinski definition) is 1. The highest BCUT2D eigenvalue weighted by Crippen LogP contribution is 2.29. The minimum Gasteiger partial charge on any atom is -0.497 e. The number of amides is 1. The molecule has 1 amide bonds. The second-order valence-corrected chi connectivity index (χ2v) is 6.01. The Morgan fingerprint density at radius 1 is 1.26 bits per heavy atom. The van der Waals surface area contributed by atoms with Crippen molar-refractivity contribution in [2.24, 2.45) is 0 Å². The lowest BCUT2D eigenvalue weighted by Crippen LogP contribution is -2.14. The second kappa shape index (κ2) is 8.82. The highest BCUT2D eigenvalue weighted by atomic mass is 79.9. The fourth-order valence-corrected chi connectivity index (χ4v) is 2.62. The third-order valence-corrected chi connectivity index (χ3v) is 4.17. The van der Waals surface area contributed by atoms with E-state index in [4.69, 9.17) is 9.47 Å². The van der Waals surface area contributed by atoms with Gasteiger partial charge in [-0.1, -0.05) is 0 Å². The molecule has 0 fully saturated rings. The van der Waals surface area contributed by atoms with E-state index in [1.54, 1.807) is 18.2 Å². The maximum Gasteiger partial charge on any atom is 0.270 e. The molecule has 2 aromatic carbocycles. The molecular formula is C18H14BrN3O5. The van der Waals surface area contributed by atoms with Gasteiger partial charge in [0.05, 0.1) is 24.8 Å². The van der Waals surface area contributed by atoms with Crippen LogP contribution in [0.5, 0.6) is 11.5 Å². The molecule has 0 aliphatic heterocycles. The van der Waals surface area contributed by atoms with E-state index in [0.29, 0.717) is 27.2 Å². The van der Waals surface area contributed by atoms with Gasteiger partial charge in [0.15, 0.2) is 0 Å². The van der Waals surface area contributed by atoms with Gasteiger partial charge in [-0.25, -0.2) is 0 Å². The SMILES string of the molecule is COc1ccc(C=C(C#N)C(=O)Nc2ccc([N+](=O)[O-])cc2Br)c(OC)c1. The summed E-state index contributed by atoms with van der Waals surface area (Å²) in [7, 11) is 2.98. The van der Waals surface area contributed by atoms with Crippen molar-refractivity contribution in [3.8, 4) is 17.6 Å². The van der Waals surface area contributed by atoms with E-state index in [9.17, 15) is 20.2 Å². The van der Waals surface area contributed by atoms with E-state index in [1.165, 1.54) is 38.5 Å². The van der Waals surface area contributed by atoms with Crippen LogP contribution in [0.25, 0.3) is 6.08 Å². The number of rotatable bonds is 6. The summed E-state index contributed by atoms with van der Waals surface area (Å²) in [5.41, 5.74) is 0.531. The number of halogens is 1. The van der Waals surface area contributed by atoms with Crippen LogP contribution in [-0.2, 0) is 4.79 Å². The van der Waals surface area contributed by atoms with Crippen LogP contribution in [0.1, 0.15) is 5.56 Å². The maximum atomic E-state index is 12.4. The predicted octanol–water partition coefficient (Wildman–Crippen LogP) is 3.92. The Balaban J connectivity index is 2.30. The monoisotopic (exact) mass is 431 g/mol. The third kappa shape index (κ3) is 4.83. The van der Waals surface area contributed by atoms with Crippen molar-refractivity contribution in [1.82, 2.24) is 0 Å². The second-order valence-electron chi connectivity index (χ2n) is 5.15.